The van der Waals surface area contributed by atoms with Gasteiger partial charge in [0.2, 0.25) is 0 Å². The van der Waals surface area contributed by atoms with Crippen molar-refractivity contribution in [2.75, 3.05) is 14.2 Å². The van der Waals surface area contributed by atoms with E-state index in [1.54, 1.807) is 6.07 Å². The Hall–Kier alpha value is -0.650. The third-order valence-electron chi connectivity index (χ3n) is 2.10. The van der Waals surface area contributed by atoms with Gasteiger partial charge < -0.3 is 14.0 Å². The van der Waals surface area contributed by atoms with Gasteiger partial charge in [-0.05, 0) is 51.2 Å². The summed E-state index contributed by atoms with van der Waals surface area (Å²) in [5.41, 5.74) is 0.226. The van der Waals surface area contributed by atoms with Crippen molar-refractivity contribution < 1.29 is 23.9 Å². The maximum absolute atomic E-state index is 11.5. The van der Waals surface area contributed by atoms with Gasteiger partial charge in [0, 0.05) is 3.57 Å². The predicted octanol–water partition coefficient (Wildman–Crippen LogP) is 1.23. The smallest absolute Gasteiger partial charge is 0.376 e. The summed E-state index contributed by atoms with van der Waals surface area (Å²) < 4.78 is 11.9. The number of aromatic nitrogens is 1. The van der Waals surface area contributed by atoms with Gasteiger partial charge in [0.1, 0.15) is 5.69 Å². The Kier molecular flexibility index (Phi) is 5.56. The number of carbonyl (C=O) groups is 3. The number of nitrogens with zero attached hydrogens (tertiary/aromatic N) is 1. The van der Waals surface area contributed by atoms with Crippen molar-refractivity contribution in [3.05, 3.63) is 19.0 Å². The molecule has 0 amide bonds. The first-order chi connectivity index (χ1) is 8.42. The molecule has 0 radical (unpaired) electrons. The number of hydrogen-bond donors (Lipinski definition) is 0. The van der Waals surface area contributed by atoms with Crippen LogP contribution < -0.4 is 0 Å². The van der Waals surface area contributed by atoms with Crippen LogP contribution in [0.2, 0.25) is 0 Å². The van der Waals surface area contributed by atoms with Gasteiger partial charge >= 0.3 is 11.9 Å². The number of ether oxygens (including phenoxy) is 2. The molecule has 0 saturated carbocycles. The minimum atomic E-state index is -0.940. The second kappa shape index (κ2) is 6.50. The maximum Gasteiger partial charge on any atom is 0.376 e. The fraction of sp³-hybridized carbons (Fsp3) is 0.300. The summed E-state index contributed by atoms with van der Waals surface area (Å²) in [5.74, 6) is -2.23. The second-order valence-corrected chi connectivity index (χ2v) is 5.34. The molecule has 1 aromatic heterocycles. The van der Waals surface area contributed by atoms with E-state index >= 15 is 0 Å². The molecule has 8 heteroatoms. The minimum Gasteiger partial charge on any atom is -0.464 e. The number of ketones is 1. The van der Waals surface area contributed by atoms with Crippen LogP contribution in [0.25, 0.3) is 0 Å². The van der Waals surface area contributed by atoms with Crippen molar-refractivity contribution >= 4 is 62.9 Å². The zero-order chi connectivity index (χ0) is 13.9. The summed E-state index contributed by atoms with van der Waals surface area (Å²) in [6.07, 6.45) is 0. The van der Waals surface area contributed by atoms with E-state index < -0.39 is 17.7 Å². The van der Waals surface area contributed by atoms with Crippen molar-refractivity contribution in [3.8, 4) is 0 Å². The molecule has 0 bridgehead atoms. The van der Waals surface area contributed by atoms with Crippen LogP contribution in [-0.4, -0.2) is 36.5 Å². The highest BCUT2D eigenvalue weighted by atomic mass is 127. The molecule has 0 saturated heterocycles. The highest BCUT2D eigenvalue weighted by molar-refractivity contribution is 14.1. The van der Waals surface area contributed by atoms with Crippen LogP contribution >= 0.6 is 45.2 Å². The summed E-state index contributed by atoms with van der Waals surface area (Å²) in [6, 6.07) is 1.60. The Bertz CT molecular complexity index is 509. The molecule has 1 heterocycles. The molecule has 0 spiro atoms. The van der Waals surface area contributed by atoms with E-state index in [1.165, 1.54) is 11.7 Å². The molecule has 0 aliphatic heterocycles. The number of esters is 2. The van der Waals surface area contributed by atoms with E-state index in [0.717, 1.165) is 10.7 Å². The topological polar surface area (TPSA) is 74.6 Å². The van der Waals surface area contributed by atoms with Crippen LogP contribution in [0.15, 0.2) is 6.07 Å². The van der Waals surface area contributed by atoms with E-state index in [4.69, 9.17) is 0 Å². The van der Waals surface area contributed by atoms with Gasteiger partial charge in [-0.3, -0.25) is 4.79 Å². The van der Waals surface area contributed by atoms with Crippen molar-refractivity contribution in [2.45, 2.75) is 6.54 Å². The lowest BCUT2D eigenvalue weighted by atomic mass is 10.3. The van der Waals surface area contributed by atoms with Crippen molar-refractivity contribution in [1.29, 1.82) is 0 Å². The quantitative estimate of drug-likeness (QED) is 0.371. The van der Waals surface area contributed by atoms with Gasteiger partial charge in [0.25, 0.3) is 5.78 Å². The first kappa shape index (κ1) is 15.4. The van der Waals surface area contributed by atoms with Crippen LogP contribution in [0.5, 0.6) is 0 Å². The fourth-order valence-corrected chi connectivity index (χ4v) is 2.41. The summed E-state index contributed by atoms with van der Waals surface area (Å²) in [5, 5.41) is 0. The normalized spacial score (nSPS) is 10.0. The summed E-state index contributed by atoms with van der Waals surface area (Å²) >= 11 is 4.02. The van der Waals surface area contributed by atoms with Gasteiger partial charge in [0.15, 0.2) is 0 Å². The number of halogens is 2. The van der Waals surface area contributed by atoms with Crippen molar-refractivity contribution in [2.24, 2.45) is 0 Å². The van der Waals surface area contributed by atoms with E-state index in [2.05, 4.69) is 9.47 Å². The average Bonchev–Trinajstić information content (AvgIpc) is 2.64. The summed E-state index contributed by atoms with van der Waals surface area (Å²) in [6.45, 7) is -0.252. The van der Waals surface area contributed by atoms with Crippen molar-refractivity contribution in [1.82, 2.24) is 4.57 Å². The van der Waals surface area contributed by atoms with Gasteiger partial charge in [-0.15, -0.1) is 0 Å². The molecule has 0 aliphatic carbocycles. The van der Waals surface area contributed by atoms with Crippen LogP contribution in [0.4, 0.5) is 0 Å². The zero-order valence-electron chi connectivity index (χ0n) is 9.53. The van der Waals surface area contributed by atoms with E-state index in [9.17, 15) is 14.4 Å². The monoisotopic (exact) mass is 477 g/mol. The lowest BCUT2D eigenvalue weighted by Gasteiger charge is -2.07. The predicted molar refractivity (Wildman–Crippen MR) is 78.2 cm³/mol. The number of rotatable bonds is 4. The Labute approximate surface area is 130 Å². The highest BCUT2D eigenvalue weighted by Crippen LogP contribution is 2.21. The summed E-state index contributed by atoms with van der Waals surface area (Å²) in [4.78, 5) is 34.1. The molecule has 98 valence electrons. The Morgan fingerprint density at radius 2 is 1.83 bits per heavy atom. The van der Waals surface area contributed by atoms with Gasteiger partial charge in [-0.25, -0.2) is 9.59 Å². The molecule has 1 rings (SSSR count). The van der Waals surface area contributed by atoms with Gasteiger partial charge in [0.05, 0.1) is 24.5 Å². The van der Waals surface area contributed by atoms with E-state index in [-0.39, 0.29) is 12.2 Å². The number of methoxy groups -OCH3 is 2. The molecule has 0 fully saturated rings. The van der Waals surface area contributed by atoms with Crippen LogP contribution in [0.1, 0.15) is 10.5 Å². The largest absolute Gasteiger partial charge is 0.464 e. The molecule has 0 aromatic carbocycles. The maximum atomic E-state index is 11.5. The van der Waals surface area contributed by atoms with Gasteiger partial charge in [-0.2, -0.15) is 0 Å². The number of Topliss-reactive ketones (excluding diaryl/α,β-unsaturated/α-hetero) is 1. The molecule has 18 heavy (non-hydrogen) atoms. The van der Waals surface area contributed by atoms with E-state index in [0.29, 0.717) is 3.70 Å². The Morgan fingerprint density at radius 3 is 2.33 bits per heavy atom. The third-order valence-corrected chi connectivity index (χ3v) is 5.12. The van der Waals surface area contributed by atoms with Crippen molar-refractivity contribution in [3.63, 3.8) is 0 Å². The lowest BCUT2D eigenvalue weighted by Crippen LogP contribution is -2.24. The molecule has 0 unspecified atom stereocenters. The molecule has 0 aliphatic rings. The standard InChI is InChI=1S/C10H9I2NO5/c1-17-9(15)6-3-5(11)8(12)13(6)4-7(14)10(16)18-2/h3H,4H2,1-2H3. The first-order valence-corrected chi connectivity index (χ1v) is 6.82. The molecular weight excluding hydrogens is 468 g/mol. The number of carbonyl (C=O) groups excluding carboxylic acids is 3. The molecule has 0 N–H and O–H groups in total. The highest BCUT2D eigenvalue weighted by Gasteiger charge is 2.22. The van der Waals surface area contributed by atoms with Gasteiger partial charge in [-0.1, -0.05) is 0 Å². The van der Waals surface area contributed by atoms with Crippen LogP contribution in [0.3, 0.4) is 0 Å². The molecule has 0 atom stereocenters. The Morgan fingerprint density at radius 1 is 1.22 bits per heavy atom. The average molecular weight is 477 g/mol. The molecular formula is C10H9I2NO5. The lowest BCUT2D eigenvalue weighted by molar-refractivity contribution is -0.151. The molecule has 6 nitrogen and oxygen atoms in total. The fourth-order valence-electron chi connectivity index (χ4n) is 1.24. The van der Waals surface area contributed by atoms with E-state index in [1.807, 2.05) is 45.2 Å². The van der Waals surface area contributed by atoms with Crippen LogP contribution in [-0.2, 0) is 25.6 Å². The zero-order valence-corrected chi connectivity index (χ0v) is 13.8. The number of hydrogen-bond acceptors (Lipinski definition) is 5. The third kappa shape index (κ3) is 3.22. The first-order valence-electron chi connectivity index (χ1n) is 4.66. The second-order valence-electron chi connectivity index (χ2n) is 3.16. The SMILES string of the molecule is COC(=O)C(=O)Cn1c(C(=O)OC)cc(I)c1I. The minimum absolute atomic E-state index is 0.226. The Balaban J connectivity index is 3.11. The van der Waals surface area contributed by atoms with Crippen LogP contribution in [0, 0.1) is 7.27 Å². The molecule has 1 aromatic rings. The summed E-state index contributed by atoms with van der Waals surface area (Å²) in [7, 11) is 2.38.